The van der Waals surface area contributed by atoms with Crippen LogP contribution in [0.15, 0.2) is 24.3 Å². The van der Waals surface area contributed by atoms with Crippen LogP contribution in [0.3, 0.4) is 0 Å². The monoisotopic (exact) mass is 286 g/mol. The minimum atomic E-state index is -4.39. The van der Waals surface area contributed by atoms with Gasteiger partial charge in [0, 0.05) is 16.6 Å². The number of nitrogens with one attached hydrogen (secondary N) is 1. The summed E-state index contributed by atoms with van der Waals surface area (Å²) in [6.07, 6.45) is -4.44. The molecule has 0 amide bonds. The Kier molecular flexibility index (Phi) is 3.71. The number of hydrogen-bond donors (Lipinski definition) is 2. The van der Waals surface area contributed by atoms with Gasteiger partial charge in [-0.25, -0.2) is 0 Å². The highest BCUT2D eigenvalue weighted by atomic mass is 19.4. The fraction of sp³-hybridized carbons (Fsp3) is 0.308. The van der Waals surface area contributed by atoms with Gasteiger partial charge in [-0.2, -0.15) is 13.2 Å². The minimum absolute atomic E-state index is 0.0462. The number of hydrogen-bond acceptors (Lipinski definition) is 3. The zero-order valence-corrected chi connectivity index (χ0v) is 10.6. The summed E-state index contributed by atoms with van der Waals surface area (Å²) in [5, 5.41) is 0.398. The standard InChI is InChI=1S/C13H13F3N2O2/c1-20-12(19)6-9(17)11-5-7-4-8(13(14,15)16)2-3-10(7)18-11/h2-5,9,18H,6,17H2,1H3/t9-/m1/s1. The summed E-state index contributed by atoms with van der Waals surface area (Å²) in [7, 11) is 1.25. The average Bonchev–Trinajstić information content (AvgIpc) is 2.80. The van der Waals surface area contributed by atoms with Crippen LogP contribution in [0.4, 0.5) is 13.2 Å². The zero-order chi connectivity index (χ0) is 14.9. The van der Waals surface area contributed by atoms with Crippen molar-refractivity contribution in [1.29, 1.82) is 0 Å². The first-order valence-corrected chi connectivity index (χ1v) is 5.83. The van der Waals surface area contributed by atoms with Crippen LogP contribution in [-0.4, -0.2) is 18.1 Å². The number of aromatic amines is 1. The number of carbonyl (C=O) groups excluding carboxylic acids is 1. The maximum absolute atomic E-state index is 12.6. The van der Waals surface area contributed by atoms with Gasteiger partial charge in [-0.3, -0.25) is 4.79 Å². The van der Waals surface area contributed by atoms with Crippen LogP contribution in [-0.2, 0) is 15.7 Å². The van der Waals surface area contributed by atoms with E-state index in [1.165, 1.54) is 19.2 Å². The number of alkyl halides is 3. The normalized spacial score (nSPS) is 13.4. The molecule has 0 aliphatic carbocycles. The molecule has 0 saturated carbocycles. The number of carbonyl (C=O) groups is 1. The molecule has 1 aromatic heterocycles. The van der Waals surface area contributed by atoms with Crippen LogP contribution in [0, 0.1) is 0 Å². The molecule has 3 N–H and O–H groups in total. The summed E-state index contributed by atoms with van der Waals surface area (Å²) in [6.45, 7) is 0. The van der Waals surface area contributed by atoms with E-state index in [1.807, 2.05) is 0 Å². The van der Waals surface area contributed by atoms with Crippen molar-refractivity contribution in [3.05, 3.63) is 35.5 Å². The number of fused-ring (bicyclic) bond motifs is 1. The van der Waals surface area contributed by atoms with Gasteiger partial charge in [-0.05, 0) is 24.3 Å². The number of ether oxygens (including phenoxy) is 1. The fourth-order valence-electron chi connectivity index (χ4n) is 1.90. The van der Waals surface area contributed by atoms with E-state index in [2.05, 4.69) is 9.72 Å². The lowest BCUT2D eigenvalue weighted by Crippen LogP contribution is -2.16. The molecule has 20 heavy (non-hydrogen) atoms. The third-order valence-electron chi connectivity index (χ3n) is 2.98. The van der Waals surface area contributed by atoms with Gasteiger partial charge in [0.25, 0.3) is 0 Å². The van der Waals surface area contributed by atoms with E-state index in [0.29, 0.717) is 16.6 Å². The predicted octanol–water partition coefficient (Wildman–Crippen LogP) is 2.75. The Labute approximate surface area is 112 Å². The molecular formula is C13H13F3N2O2. The second kappa shape index (κ2) is 5.16. The summed E-state index contributed by atoms with van der Waals surface area (Å²) in [5.41, 5.74) is 6.11. The Morgan fingerprint density at radius 3 is 2.70 bits per heavy atom. The molecule has 7 heteroatoms. The average molecular weight is 286 g/mol. The van der Waals surface area contributed by atoms with Gasteiger partial charge in [0.05, 0.1) is 25.1 Å². The number of halogens is 3. The highest BCUT2D eigenvalue weighted by molar-refractivity contribution is 5.81. The van der Waals surface area contributed by atoms with Crippen molar-refractivity contribution in [2.24, 2.45) is 5.73 Å². The number of H-pyrrole nitrogens is 1. The molecule has 1 atom stereocenters. The molecule has 2 aromatic rings. The van der Waals surface area contributed by atoms with E-state index in [-0.39, 0.29) is 6.42 Å². The van der Waals surface area contributed by atoms with Crippen molar-refractivity contribution in [3.63, 3.8) is 0 Å². The smallest absolute Gasteiger partial charge is 0.416 e. The number of nitrogens with two attached hydrogens (primary N) is 1. The van der Waals surface area contributed by atoms with Crippen molar-refractivity contribution in [2.75, 3.05) is 7.11 Å². The van der Waals surface area contributed by atoms with Crippen LogP contribution < -0.4 is 5.73 Å². The zero-order valence-electron chi connectivity index (χ0n) is 10.6. The van der Waals surface area contributed by atoms with Crippen molar-refractivity contribution in [3.8, 4) is 0 Å². The van der Waals surface area contributed by atoms with E-state index in [0.717, 1.165) is 12.1 Å². The highest BCUT2D eigenvalue weighted by Crippen LogP contribution is 2.32. The second-order valence-corrected chi connectivity index (χ2v) is 4.41. The van der Waals surface area contributed by atoms with E-state index >= 15 is 0 Å². The van der Waals surface area contributed by atoms with Crippen molar-refractivity contribution in [2.45, 2.75) is 18.6 Å². The number of benzene rings is 1. The maximum Gasteiger partial charge on any atom is 0.416 e. The Hall–Kier alpha value is -2.02. The lowest BCUT2D eigenvalue weighted by molar-refractivity contribution is -0.141. The minimum Gasteiger partial charge on any atom is -0.469 e. The van der Waals surface area contributed by atoms with Gasteiger partial charge in [0.2, 0.25) is 0 Å². The van der Waals surface area contributed by atoms with Crippen LogP contribution in [0.1, 0.15) is 23.7 Å². The van der Waals surface area contributed by atoms with Gasteiger partial charge in [0.1, 0.15) is 0 Å². The van der Waals surface area contributed by atoms with E-state index in [1.54, 1.807) is 0 Å². The molecule has 1 heterocycles. The van der Waals surface area contributed by atoms with E-state index < -0.39 is 23.8 Å². The van der Waals surface area contributed by atoms with Crippen LogP contribution in [0.25, 0.3) is 10.9 Å². The van der Waals surface area contributed by atoms with Crippen LogP contribution in [0.2, 0.25) is 0 Å². The molecule has 0 aliphatic rings. The Balaban J connectivity index is 2.32. The van der Waals surface area contributed by atoms with Crippen LogP contribution in [0.5, 0.6) is 0 Å². The number of aromatic nitrogens is 1. The van der Waals surface area contributed by atoms with Crippen molar-refractivity contribution < 1.29 is 22.7 Å². The molecule has 0 spiro atoms. The fourth-order valence-corrected chi connectivity index (χ4v) is 1.90. The molecule has 2 rings (SSSR count). The Morgan fingerprint density at radius 2 is 2.10 bits per heavy atom. The third-order valence-corrected chi connectivity index (χ3v) is 2.98. The van der Waals surface area contributed by atoms with Gasteiger partial charge in [0.15, 0.2) is 0 Å². The summed E-state index contributed by atoms with van der Waals surface area (Å²) in [6, 6.07) is 4.24. The second-order valence-electron chi connectivity index (χ2n) is 4.41. The SMILES string of the molecule is COC(=O)C[C@@H](N)c1cc2cc(C(F)(F)F)ccc2[nH]1. The first-order chi connectivity index (χ1) is 9.31. The topological polar surface area (TPSA) is 68.1 Å². The predicted molar refractivity (Wildman–Crippen MR) is 66.9 cm³/mol. The van der Waals surface area contributed by atoms with E-state index in [4.69, 9.17) is 5.73 Å². The third kappa shape index (κ3) is 2.93. The summed E-state index contributed by atoms with van der Waals surface area (Å²) < 4.78 is 42.3. The summed E-state index contributed by atoms with van der Waals surface area (Å²) >= 11 is 0. The molecule has 0 bridgehead atoms. The molecule has 0 saturated heterocycles. The Bertz CT molecular complexity index is 634. The van der Waals surface area contributed by atoms with Crippen LogP contribution >= 0.6 is 0 Å². The molecular weight excluding hydrogens is 273 g/mol. The first-order valence-electron chi connectivity index (χ1n) is 5.83. The Morgan fingerprint density at radius 1 is 1.40 bits per heavy atom. The number of esters is 1. The first kappa shape index (κ1) is 14.4. The highest BCUT2D eigenvalue weighted by Gasteiger charge is 2.30. The molecule has 108 valence electrons. The molecule has 0 unspecified atom stereocenters. The van der Waals surface area contributed by atoms with Gasteiger partial charge in [-0.15, -0.1) is 0 Å². The molecule has 0 aliphatic heterocycles. The van der Waals surface area contributed by atoms with Crippen molar-refractivity contribution in [1.82, 2.24) is 4.98 Å². The summed E-state index contributed by atoms with van der Waals surface area (Å²) in [5.74, 6) is -0.480. The molecule has 0 radical (unpaired) electrons. The quantitative estimate of drug-likeness (QED) is 0.852. The molecule has 1 aromatic carbocycles. The summed E-state index contributed by atoms with van der Waals surface area (Å²) in [4.78, 5) is 14.0. The molecule has 4 nitrogen and oxygen atoms in total. The van der Waals surface area contributed by atoms with Gasteiger partial charge < -0.3 is 15.5 Å². The van der Waals surface area contributed by atoms with Crippen molar-refractivity contribution >= 4 is 16.9 Å². The number of methoxy groups -OCH3 is 1. The largest absolute Gasteiger partial charge is 0.469 e. The molecule has 0 fully saturated rings. The van der Waals surface area contributed by atoms with E-state index in [9.17, 15) is 18.0 Å². The maximum atomic E-state index is 12.6. The lowest BCUT2D eigenvalue weighted by Gasteiger charge is -2.07. The van der Waals surface area contributed by atoms with Gasteiger partial charge >= 0.3 is 12.1 Å². The lowest BCUT2D eigenvalue weighted by atomic mass is 10.1. The number of rotatable bonds is 3. The van der Waals surface area contributed by atoms with Gasteiger partial charge in [-0.1, -0.05) is 0 Å².